The van der Waals surface area contributed by atoms with Gasteiger partial charge < -0.3 is 14.6 Å². The summed E-state index contributed by atoms with van der Waals surface area (Å²) in [6.07, 6.45) is 0.749. The van der Waals surface area contributed by atoms with Crippen molar-refractivity contribution in [3.63, 3.8) is 0 Å². The smallest absolute Gasteiger partial charge is 0.328 e. The summed E-state index contributed by atoms with van der Waals surface area (Å²) >= 11 is 0. The number of hydrogen-bond donors (Lipinski definition) is 1. The van der Waals surface area contributed by atoms with Crippen LogP contribution in [0.2, 0.25) is 0 Å². The van der Waals surface area contributed by atoms with Gasteiger partial charge in [0.25, 0.3) is 0 Å². The number of nitrogens with one attached hydrogen (secondary N) is 1. The lowest BCUT2D eigenvalue weighted by Crippen LogP contribution is -2.42. The van der Waals surface area contributed by atoms with Crippen LogP contribution < -0.4 is 5.32 Å². The third-order valence-corrected chi connectivity index (χ3v) is 5.35. The van der Waals surface area contributed by atoms with Gasteiger partial charge in [-0.05, 0) is 30.5 Å². The molecule has 0 saturated heterocycles. The normalized spacial score (nSPS) is 12.5. The van der Waals surface area contributed by atoms with Crippen LogP contribution in [0.15, 0.2) is 48.5 Å². The summed E-state index contributed by atoms with van der Waals surface area (Å²) in [6.45, 7) is 4.44. The molecule has 7 heteroatoms. The maximum atomic E-state index is 12.7. The van der Waals surface area contributed by atoms with Gasteiger partial charge in [0.2, 0.25) is 5.91 Å². The first-order valence-electron chi connectivity index (χ1n) is 10.5. The van der Waals surface area contributed by atoms with Crippen molar-refractivity contribution >= 4 is 45.0 Å². The number of hydrogen-bond acceptors (Lipinski definition) is 5. The summed E-state index contributed by atoms with van der Waals surface area (Å²) in [5, 5.41) is 3.83. The minimum Gasteiger partial charge on any atom is -0.467 e. The fourth-order valence-electron chi connectivity index (χ4n) is 3.92. The zero-order valence-electron chi connectivity index (χ0n) is 18.0. The summed E-state index contributed by atoms with van der Waals surface area (Å²) in [5.74, 6) is -0.364. The molecule has 0 bridgehead atoms. The molecule has 0 fully saturated rings. The van der Waals surface area contributed by atoms with Gasteiger partial charge in [0.15, 0.2) is 5.65 Å². The van der Waals surface area contributed by atoms with E-state index < -0.39 is 12.0 Å². The molecule has 1 unspecified atom stereocenters. The summed E-state index contributed by atoms with van der Waals surface area (Å²) in [7, 11) is 1.34. The molecule has 1 N–H and O–H groups in total. The van der Waals surface area contributed by atoms with E-state index in [0.29, 0.717) is 13.0 Å². The van der Waals surface area contributed by atoms with Crippen LogP contribution in [0.3, 0.4) is 0 Å². The lowest BCUT2D eigenvalue weighted by Gasteiger charge is -2.18. The Labute approximate surface area is 180 Å². The van der Waals surface area contributed by atoms with Crippen molar-refractivity contribution in [1.82, 2.24) is 19.9 Å². The maximum absolute atomic E-state index is 12.7. The van der Waals surface area contributed by atoms with E-state index in [1.165, 1.54) is 7.11 Å². The molecule has 0 aliphatic rings. The molecule has 4 rings (SSSR count). The molecule has 160 valence electrons. The number of aromatic nitrogens is 3. The number of fused-ring (bicyclic) bond motifs is 4. The van der Waals surface area contributed by atoms with Gasteiger partial charge in [-0.15, -0.1) is 0 Å². The molecule has 31 heavy (non-hydrogen) atoms. The van der Waals surface area contributed by atoms with Crippen molar-refractivity contribution in [2.24, 2.45) is 5.92 Å². The first-order valence-corrected chi connectivity index (χ1v) is 10.5. The monoisotopic (exact) mass is 418 g/mol. The van der Waals surface area contributed by atoms with Crippen molar-refractivity contribution in [1.29, 1.82) is 0 Å². The number of aryl methyl sites for hydroxylation is 1. The van der Waals surface area contributed by atoms with Crippen LogP contribution in [0.1, 0.15) is 26.7 Å². The molecule has 2 aromatic heterocycles. The number of methoxy groups -OCH3 is 1. The van der Waals surface area contributed by atoms with Crippen molar-refractivity contribution in [3.05, 3.63) is 48.5 Å². The Hall–Kier alpha value is -3.48. The quantitative estimate of drug-likeness (QED) is 0.461. The zero-order valence-corrected chi connectivity index (χ0v) is 18.0. The summed E-state index contributed by atoms with van der Waals surface area (Å²) in [4.78, 5) is 34.3. The van der Waals surface area contributed by atoms with Crippen molar-refractivity contribution in [2.45, 2.75) is 39.3 Å². The molecule has 2 heterocycles. The summed E-state index contributed by atoms with van der Waals surface area (Å²) in [5.41, 5.74) is 4.20. The van der Waals surface area contributed by atoms with Crippen LogP contribution >= 0.6 is 0 Å². The lowest BCUT2D eigenvalue weighted by molar-refractivity contribution is -0.145. The molecule has 0 radical (unpaired) electrons. The molecule has 0 saturated carbocycles. The number of esters is 1. The Morgan fingerprint density at radius 1 is 1.03 bits per heavy atom. The van der Waals surface area contributed by atoms with Gasteiger partial charge in [0.05, 0.1) is 23.7 Å². The van der Waals surface area contributed by atoms with Gasteiger partial charge in [0.1, 0.15) is 11.6 Å². The zero-order chi connectivity index (χ0) is 22.0. The van der Waals surface area contributed by atoms with Crippen LogP contribution in [-0.2, 0) is 20.9 Å². The molecule has 1 amide bonds. The average Bonchev–Trinajstić information content (AvgIpc) is 3.07. The number of nitrogens with zero attached hydrogens (tertiary/aromatic N) is 3. The van der Waals surface area contributed by atoms with E-state index in [0.717, 1.165) is 33.1 Å². The first kappa shape index (κ1) is 20.8. The van der Waals surface area contributed by atoms with Crippen molar-refractivity contribution in [2.75, 3.05) is 7.11 Å². The second-order valence-electron chi connectivity index (χ2n) is 8.08. The highest BCUT2D eigenvalue weighted by Crippen LogP contribution is 2.28. The summed E-state index contributed by atoms with van der Waals surface area (Å²) in [6, 6.07) is 15.1. The molecule has 4 aromatic rings. The van der Waals surface area contributed by atoms with E-state index in [1.807, 2.05) is 66.9 Å². The topological polar surface area (TPSA) is 86.1 Å². The van der Waals surface area contributed by atoms with Gasteiger partial charge >= 0.3 is 5.97 Å². The second kappa shape index (κ2) is 8.71. The van der Waals surface area contributed by atoms with E-state index in [1.54, 1.807) is 0 Å². The number of benzene rings is 2. The minimum atomic E-state index is -0.639. The van der Waals surface area contributed by atoms with Gasteiger partial charge in [-0.25, -0.2) is 14.8 Å². The van der Waals surface area contributed by atoms with Gasteiger partial charge in [-0.1, -0.05) is 44.2 Å². The van der Waals surface area contributed by atoms with E-state index in [9.17, 15) is 9.59 Å². The molecule has 2 aromatic carbocycles. The van der Waals surface area contributed by atoms with Crippen molar-refractivity contribution in [3.8, 4) is 0 Å². The highest BCUT2D eigenvalue weighted by atomic mass is 16.5. The Bertz CT molecular complexity index is 1260. The van der Waals surface area contributed by atoms with E-state index in [-0.39, 0.29) is 18.2 Å². The minimum absolute atomic E-state index is 0.198. The Balaban J connectivity index is 1.63. The van der Waals surface area contributed by atoms with Gasteiger partial charge in [-0.2, -0.15) is 0 Å². The third kappa shape index (κ3) is 4.21. The lowest BCUT2D eigenvalue weighted by atomic mass is 10.0. The number of rotatable bonds is 7. The largest absolute Gasteiger partial charge is 0.467 e. The van der Waals surface area contributed by atoms with Crippen LogP contribution in [0, 0.1) is 5.92 Å². The van der Waals surface area contributed by atoms with E-state index in [4.69, 9.17) is 14.7 Å². The Kier molecular flexibility index (Phi) is 5.84. The number of amides is 1. The molecule has 1 atom stereocenters. The standard InChI is InChI=1S/C24H26N4O3/c1-15(2)14-19(24(30)31-3)25-21(29)12-13-28-20-11-7-4-8-16(20)22-23(28)27-18-10-6-5-9-17(18)26-22/h4-11,15,19H,12-14H2,1-3H3,(H,25,29). The fourth-order valence-corrected chi connectivity index (χ4v) is 3.92. The molecule has 0 aliphatic heterocycles. The Morgan fingerprint density at radius 2 is 1.71 bits per heavy atom. The Morgan fingerprint density at radius 3 is 2.42 bits per heavy atom. The first-order chi connectivity index (χ1) is 15.0. The highest BCUT2D eigenvalue weighted by molar-refractivity contribution is 6.06. The highest BCUT2D eigenvalue weighted by Gasteiger charge is 2.23. The number of ether oxygens (including phenoxy) is 1. The predicted molar refractivity (Wildman–Crippen MR) is 121 cm³/mol. The van der Waals surface area contributed by atoms with Crippen molar-refractivity contribution < 1.29 is 14.3 Å². The molecule has 0 aliphatic carbocycles. The van der Waals surface area contributed by atoms with Crippen LogP contribution in [0.5, 0.6) is 0 Å². The third-order valence-electron chi connectivity index (χ3n) is 5.35. The average molecular weight is 418 g/mol. The number of carbonyl (C=O) groups is 2. The second-order valence-corrected chi connectivity index (χ2v) is 8.08. The number of para-hydroxylation sites is 3. The van der Waals surface area contributed by atoms with E-state index in [2.05, 4.69) is 5.32 Å². The van der Waals surface area contributed by atoms with Crippen LogP contribution in [0.4, 0.5) is 0 Å². The van der Waals surface area contributed by atoms with E-state index >= 15 is 0 Å². The van der Waals surface area contributed by atoms with Gasteiger partial charge in [-0.3, -0.25) is 4.79 Å². The summed E-state index contributed by atoms with van der Waals surface area (Å²) < 4.78 is 6.87. The predicted octanol–water partition coefficient (Wildman–Crippen LogP) is 3.83. The van der Waals surface area contributed by atoms with Crippen LogP contribution in [-0.4, -0.2) is 39.6 Å². The van der Waals surface area contributed by atoms with Gasteiger partial charge in [0, 0.05) is 18.4 Å². The fraction of sp³-hybridized carbons (Fsp3) is 0.333. The maximum Gasteiger partial charge on any atom is 0.328 e. The molecule has 7 nitrogen and oxygen atoms in total. The molecule has 0 spiro atoms. The van der Waals surface area contributed by atoms with Crippen LogP contribution in [0.25, 0.3) is 33.1 Å². The SMILES string of the molecule is COC(=O)C(CC(C)C)NC(=O)CCn1c2ccccc2c2nc3ccccc3nc21. The molecular weight excluding hydrogens is 392 g/mol. The number of carbonyl (C=O) groups excluding carboxylic acids is 2. The molecular formula is C24H26N4O3.